The van der Waals surface area contributed by atoms with E-state index >= 15 is 0 Å². The number of carbonyl (C=O) groups is 1. The van der Waals surface area contributed by atoms with E-state index in [1.54, 1.807) is 24.4 Å². The molecule has 182 valence electrons. The average Bonchev–Trinajstić information content (AvgIpc) is 3.39. The molecule has 2 aromatic rings. The first-order valence-corrected chi connectivity index (χ1v) is 12.2. The summed E-state index contributed by atoms with van der Waals surface area (Å²) < 4.78 is 32.4. The molecular formula is C21H26F2N8O2S. The predicted molar refractivity (Wildman–Crippen MR) is 127 cm³/mol. The van der Waals surface area contributed by atoms with Crippen LogP contribution in [0.3, 0.4) is 0 Å². The van der Waals surface area contributed by atoms with Gasteiger partial charge in [-0.2, -0.15) is 13.9 Å². The highest BCUT2D eigenvalue weighted by Gasteiger charge is 2.46. The number of nitrogens with zero attached hydrogens (tertiary/aromatic N) is 6. The molecule has 0 aliphatic carbocycles. The fourth-order valence-corrected chi connectivity index (χ4v) is 7.23. The van der Waals surface area contributed by atoms with Gasteiger partial charge in [0.25, 0.3) is 0 Å². The van der Waals surface area contributed by atoms with Crippen molar-refractivity contribution < 1.29 is 18.3 Å². The highest BCUT2D eigenvalue weighted by atomic mass is 32.3. The van der Waals surface area contributed by atoms with Crippen LogP contribution in [0.4, 0.5) is 14.6 Å². The van der Waals surface area contributed by atoms with Crippen molar-refractivity contribution in [3.05, 3.63) is 42.6 Å². The molecule has 1 unspecified atom stereocenters. The lowest BCUT2D eigenvalue weighted by Gasteiger charge is -2.42. The van der Waals surface area contributed by atoms with Crippen molar-refractivity contribution >= 4 is 32.3 Å². The van der Waals surface area contributed by atoms with E-state index in [2.05, 4.69) is 35.7 Å². The summed E-state index contributed by atoms with van der Waals surface area (Å²) >= 11 is 0. The molecule has 2 atom stereocenters. The van der Waals surface area contributed by atoms with Gasteiger partial charge in [0, 0.05) is 31.1 Å². The minimum absolute atomic E-state index is 0.0179. The third kappa shape index (κ3) is 4.66. The maximum Gasteiger partial charge on any atom is 0.387 e. The Labute approximate surface area is 197 Å². The molecule has 13 heteroatoms. The molecule has 2 N–H and O–H groups in total. The minimum Gasteiger partial charge on any atom is -0.435 e. The third-order valence-electron chi connectivity index (χ3n) is 5.36. The Balaban J connectivity index is 1.72. The van der Waals surface area contributed by atoms with Gasteiger partial charge in [-0.25, -0.2) is 0 Å². The van der Waals surface area contributed by atoms with Crippen molar-refractivity contribution in [3.8, 4) is 5.75 Å². The maximum absolute atomic E-state index is 12.9. The molecule has 4 rings (SSSR count). The highest BCUT2D eigenvalue weighted by Crippen LogP contribution is 2.61. The number of anilines is 1. The molecule has 2 aliphatic heterocycles. The normalized spacial score (nSPS) is 25.3. The fraction of sp³-hybridized carbons (Fsp3) is 0.381. The van der Waals surface area contributed by atoms with E-state index in [9.17, 15) is 13.6 Å². The number of aliphatic imine (C=N–C) groups is 1. The average molecular weight is 493 g/mol. The molecule has 0 saturated carbocycles. The molecular weight excluding hydrogens is 466 g/mol. The molecule has 10 nitrogen and oxygen atoms in total. The van der Waals surface area contributed by atoms with Crippen LogP contribution in [0.1, 0.15) is 13.3 Å². The molecule has 0 bridgehead atoms. The lowest BCUT2D eigenvalue weighted by atomic mass is 10.3. The van der Waals surface area contributed by atoms with Crippen LogP contribution in [0.25, 0.3) is 0 Å². The fourth-order valence-electron chi connectivity index (χ4n) is 3.98. The minimum atomic E-state index is -2.95. The summed E-state index contributed by atoms with van der Waals surface area (Å²) in [6, 6.07) is 10.1. The van der Waals surface area contributed by atoms with Gasteiger partial charge in [0.05, 0.1) is 6.04 Å². The van der Waals surface area contributed by atoms with Crippen molar-refractivity contribution in [1.29, 1.82) is 0 Å². The quantitative estimate of drug-likeness (QED) is 0.638. The zero-order valence-electron chi connectivity index (χ0n) is 19.0. The molecule has 1 aromatic carbocycles. The van der Waals surface area contributed by atoms with Gasteiger partial charge in [-0.3, -0.25) is 19.5 Å². The van der Waals surface area contributed by atoms with Crippen LogP contribution in [0, 0.1) is 0 Å². The van der Waals surface area contributed by atoms with Crippen LogP contribution in [0.15, 0.2) is 57.6 Å². The number of rotatable bonds is 6. The maximum atomic E-state index is 12.9. The van der Waals surface area contributed by atoms with Crippen molar-refractivity contribution in [2.75, 3.05) is 32.1 Å². The van der Waals surface area contributed by atoms with Gasteiger partial charge in [0.1, 0.15) is 5.75 Å². The second-order valence-electron chi connectivity index (χ2n) is 7.86. The van der Waals surface area contributed by atoms with Gasteiger partial charge in [-0.05, 0) is 61.1 Å². The first-order valence-electron chi connectivity index (χ1n) is 10.6. The Morgan fingerprint density at radius 3 is 2.85 bits per heavy atom. The summed E-state index contributed by atoms with van der Waals surface area (Å²) in [6.45, 7) is -0.161. The Morgan fingerprint density at radius 2 is 2.18 bits per heavy atom. The lowest BCUT2D eigenvalue weighted by molar-refractivity contribution is -0.117. The number of carbonyl (C=O) groups excluding carboxylic acids is 1. The number of hydrazone groups is 1. The number of halogens is 2. The van der Waals surface area contributed by atoms with Gasteiger partial charge in [0.2, 0.25) is 5.91 Å². The Hall–Kier alpha value is -3.32. The number of ether oxygens (including phenoxy) is 1. The molecule has 2 aliphatic rings. The highest BCUT2D eigenvalue weighted by molar-refractivity contribution is 8.54. The number of amides is 1. The Kier molecular flexibility index (Phi) is 6.93. The van der Waals surface area contributed by atoms with E-state index in [-0.39, 0.29) is 17.7 Å². The van der Waals surface area contributed by atoms with Gasteiger partial charge in [0.15, 0.2) is 16.2 Å². The molecule has 1 amide bonds. The SMILES string of the molecule is CC(=O)NC1=NNC(=N[C@@H]2CCN(c3cccnn3)C2)S1(c1cccc(OC(F)F)c1)N(C)C. The second-order valence-corrected chi connectivity index (χ2v) is 11.0. The predicted octanol–water partition coefficient (Wildman–Crippen LogP) is 2.36. The van der Waals surface area contributed by atoms with E-state index in [0.29, 0.717) is 21.8 Å². The molecule has 0 radical (unpaired) electrons. The van der Waals surface area contributed by atoms with E-state index in [1.165, 1.54) is 13.0 Å². The Bertz CT molecular complexity index is 1100. The van der Waals surface area contributed by atoms with Gasteiger partial charge in [-0.15, -0.1) is 10.2 Å². The smallest absolute Gasteiger partial charge is 0.387 e. The van der Waals surface area contributed by atoms with Crippen LogP contribution < -0.4 is 20.4 Å². The van der Waals surface area contributed by atoms with Gasteiger partial charge in [-0.1, -0.05) is 6.07 Å². The summed E-state index contributed by atoms with van der Waals surface area (Å²) in [5, 5.41) is 16.3. The first kappa shape index (κ1) is 23.8. The number of benzene rings is 1. The van der Waals surface area contributed by atoms with Crippen LogP contribution >= 0.6 is 10.2 Å². The molecule has 1 saturated heterocycles. The zero-order valence-corrected chi connectivity index (χ0v) is 19.8. The number of nitrogens with one attached hydrogen (secondary N) is 2. The summed E-state index contributed by atoms with van der Waals surface area (Å²) in [7, 11) is 1.35. The number of alkyl halides is 2. The van der Waals surface area contributed by atoms with E-state index in [1.807, 2.05) is 30.5 Å². The number of aromatic nitrogens is 2. The van der Waals surface area contributed by atoms with Crippen molar-refractivity contribution in [1.82, 2.24) is 25.2 Å². The van der Waals surface area contributed by atoms with E-state index < -0.39 is 16.8 Å². The summed E-state index contributed by atoms with van der Waals surface area (Å²) in [5.74, 6) is 0.502. The van der Waals surface area contributed by atoms with Crippen LogP contribution in [0.2, 0.25) is 0 Å². The van der Waals surface area contributed by atoms with Crippen LogP contribution in [-0.2, 0) is 4.79 Å². The molecule has 3 heterocycles. The van der Waals surface area contributed by atoms with Gasteiger partial charge < -0.3 is 15.0 Å². The van der Waals surface area contributed by atoms with Crippen LogP contribution in [-0.4, -0.2) is 70.6 Å². The summed E-state index contributed by atoms with van der Waals surface area (Å²) in [4.78, 5) is 19.8. The van der Waals surface area contributed by atoms with Crippen LogP contribution in [0.5, 0.6) is 5.75 Å². The zero-order chi connectivity index (χ0) is 24.3. The summed E-state index contributed by atoms with van der Waals surface area (Å²) in [6.07, 6.45) is 2.41. The summed E-state index contributed by atoms with van der Waals surface area (Å²) in [5.41, 5.74) is 3.01. The van der Waals surface area contributed by atoms with Crippen molar-refractivity contribution in [3.63, 3.8) is 0 Å². The van der Waals surface area contributed by atoms with E-state index in [0.717, 1.165) is 18.8 Å². The molecule has 1 aromatic heterocycles. The largest absolute Gasteiger partial charge is 0.435 e. The standard InChI is InChI=1S/C21H26F2N8O2S/c1-14(32)25-20-28-29-21(26-15-9-11-31(13-15)18-8-5-10-24-27-18)34(20,30(2)3)17-7-4-6-16(12-17)33-19(22)23/h4-8,10,12,15,19H,9,11,13H2,1-3H3,(H,26,29)(H,25,28,32)/t15-/m1/s1. The van der Waals surface area contributed by atoms with Crippen molar-refractivity contribution in [2.45, 2.75) is 30.9 Å². The monoisotopic (exact) mass is 492 g/mol. The number of hydrogen-bond acceptors (Lipinski definition) is 8. The first-order chi connectivity index (χ1) is 16.3. The van der Waals surface area contributed by atoms with Crippen molar-refractivity contribution in [2.24, 2.45) is 10.1 Å². The van der Waals surface area contributed by atoms with E-state index in [4.69, 9.17) is 4.99 Å². The second kappa shape index (κ2) is 9.89. The molecule has 1 fully saturated rings. The third-order valence-corrected chi connectivity index (χ3v) is 8.90. The molecule has 34 heavy (non-hydrogen) atoms. The lowest BCUT2D eigenvalue weighted by Crippen LogP contribution is -2.40. The molecule has 0 spiro atoms. The Morgan fingerprint density at radius 1 is 1.35 bits per heavy atom. The number of hydrogen-bond donors (Lipinski definition) is 2. The topological polar surface area (TPSA) is 107 Å². The van der Waals surface area contributed by atoms with Gasteiger partial charge >= 0.3 is 6.61 Å². The number of amidine groups is 2.